The van der Waals surface area contributed by atoms with Gasteiger partial charge in [0.25, 0.3) is 0 Å². The van der Waals surface area contributed by atoms with Crippen LogP contribution < -0.4 is 5.32 Å². The van der Waals surface area contributed by atoms with Gasteiger partial charge in [-0.05, 0) is 14.0 Å². The lowest BCUT2D eigenvalue weighted by Gasteiger charge is -2.37. The number of piperazine rings is 1. The van der Waals surface area contributed by atoms with Gasteiger partial charge in [0.15, 0.2) is 0 Å². The van der Waals surface area contributed by atoms with Gasteiger partial charge in [0, 0.05) is 39.3 Å². The normalized spacial score (nSPS) is 22.4. The molecular weight excluding hydrogens is 206 g/mol. The average Bonchev–Trinajstić information content (AvgIpc) is 2.28. The molecule has 0 saturated carbocycles. The molecule has 5 heteroatoms. The molecule has 0 aromatic heterocycles. The van der Waals surface area contributed by atoms with Crippen LogP contribution >= 0.6 is 0 Å². The number of hydrogen-bond donors (Lipinski definition) is 1. The number of likely N-dealkylation sites (N-methyl/N-ethyl adjacent to an activating group) is 1. The van der Waals surface area contributed by atoms with Gasteiger partial charge in [-0.25, -0.2) is 0 Å². The smallest absolute Gasteiger partial charge is 0.236 e. The van der Waals surface area contributed by atoms with Crippen molar-refractivity contribution in [3.8, 4) is 0 Å². The van der Waals surface area contributed by atoms with Crippen molar-refractivity contribution < 1.29 is 9.53 Å². The maximum Gasteiger partial charge on any atom is 0.236 e. The lowest BCUT2D eigenvalue weighted by Crippen LogP contribution is -2.53. The minimum atomic E-state index is 0.191. The molecule has 0 spiro atoms. The molecule has 0 aromatic rings. The highest BCUT2D eigenvalue weighted by molar-refractivity contribution is 5.78. The van der Waals surface area contributed by atoms with Crippen molar-refractivity contribution in [1.82, 2.24) is 15.1 Å². The third kappa shape index (κ3) is 4.08. The third-order valence-electron chi connectivity index (χ3n) is 3.07. The first-order valence-electron chi connectivity index (χ1n) is 5.83. The Balaban J connectivity index is 2.21. The third-order valence-corrected chi connectivity index (χ3v) is 3.07. The molecular formula is C11H23N3O2. The first-order valence-corrected chi connectivity index (χ1v) is 5.83. The number of nitrogens with one attached hydrogen (secondary N) is 1. The largest absolute Gasteiger partial charge is 0.383 e. The molecule has 1 N–H and O–H groups in total. The maximum absolute atomic E-state index is 11.8. The fourth-order valence-electron chi connectivity index (χ4n) is 1.76. The van der Waals surface area contributed by atoms with Crippen molar-refractivity contribution in [2.75, 3.05) is 53.5 Å². The highest BCUT2D eigenvalue weighted by atomic mass is 16.5. The molecule has 0 aliphatic carbocycles. The maximum atomic E-state index is 11.8. The molecule has 1 heterocycles. The summed E-state index contributed by atoms with van der Waals surface area (Å²) in [6.45, 7) is 6.58. The topological polar surface area (TPSA) is 44.8 Å². The van der Waals surface area contributed by atoms with E-state index in [1.165, 1.54) is 0 Å². The van der Waals surface area contributed by atoms with Crippen LogP contribution in [0.2, 0.25) is 0 Å². The van der Waals surface area contributed by atoms with Gasteiger partial charge in [-0.15, -0.1) is 0 Å². The highest BCUT2D eigenvalue weighted by Gasteiger charge is 2.23. The second-order valence-electron chi connectivity index (χ2n) is 4.34. The van der Waals surface area contributed by atoms with E-state index in [0.29, 0.717) is 19.2 Å². The summed E-state index contributed by atoms with van der Waals surface area (Å²) in [4.78, 5) is 16.0. The minimum absolute atomic E-state index is 0.191. The Morgan fingerprint density at radius 2 is 2.25 bits per heavy atom. The van der Waals surface area contributed by atoms with E-state index in [2.05, 4.69) is 24.2 Å². The average molecular weight is 229 g/mol. The van der Waals surface area contributed by atoms with Crippen LogP contribution in [0.25, 0.3) is 0 Å². The van der Waals surface area contributed by atoms with Crippen LogP contribution in [0.5, 0.6) is 0 Å². The zero-order valence-electron chi connectivity index (χ0n) is 10.5. The first-order chi connectivity index (χ1) is 7.65. The molecule has 1 amide bonds. The standard InChI is InChI=1S/C11H23N3O2/c1-10-9-14(6-5-13(10)2)11(15)8-12-4-7-16-3/h10,12H,4-9H2,1-3H3. The number of carbonyl (C=O) groups is 1. The van der Waals surface area contributed by atoms with Crippen molar-refractivity contribution in [3.63, 3.8) is 0 Å². The quantitative estimate of drug-likeness (QED) is 0.639. The fourth-order valence-corrected chi connectivity index (χ4v) is 1.76. The molecule has 5 nitrogen and oxygen atoms in total. The number of rotatable bonds is 5. The molecule has 1 rings (SSSR count). The van der Waals surface area contributed by atoms with Gasteiger partial charge < -0.3 is 19.9 Å². The van der Waals surface area contributed by atoms with Crippen molar-refractivity contribution >= 4 is 5.91 Å². The van der Waals surface area contributed by atoms with E-state index < -0.39 is 0 Å². The van der Waals surface area contributed by atoms with E-state index in [4.69, 9.17) is 4.74 Å². The molecule has 1 aliphatic rings. The van der Waals surface area contributed by atoms with E-state index in [1.54, 1.807) is 7.11 Å². The van der Waals surface area contributed by atoms with Crippen LogP contribution in [0.15, 0.2) is 0 Å². The van der Waals surface area contributed by atoms with Crippen LogP contribution in [-0.4, -0.2) is 75.2 Å². The van der Waals surface area contributed by atoms with E-state index in [0.717, 1.165) is 26.2 Å². The van der Waals surface area contributed by atoms with Crippen molar-refractivity contribution in [1.29, 1.82) is 0 Å². The first kappa shape index (κ1) is 13.4. The van der Waals surface area contributed by atoms with Crippen LogP contribution in [-0.2, 0) is 9.53 Å². The molecule has 94 valence electrons. The molecule has 1 fully saturated rings. The highest BCUT2D eigenvalue weighted by Crippen LogP contribution is 2.06. The Hall–Kier alpha value is -0.650. The second-order valence-corrected chi connectivity index (χ2v) is 4.34. The second kappa shape index (κ2) is 6.83. The Kier molecular flexibility index (Phi) is 5.73. The number of carbonyl (C=O) groups excluding carboxylic acids is 1. The Bertz CT molecular complexity index is 223. The molecule has 1 unspecified atom stereocenters. The predicted octanol–water partition coefficient (Wildman–Crippen LogP) is -0.615. The molecule has 1 saturated heterocycles. The van der Waals surface area contributed by atoms with Crippen LogP contribution in [0.3, 0.4) is 0 Å². The number of ether oxygens (including phenoxy) is 1. The summed E-state index contributed by atoms with van der Waals surface area (Å²) in [5, 5.41) is 3.08. The number of amides is 1. The van der Waals surface area contributed by atoms with Gasteiger partial charge in [-0.1, -0.05) is 0 Å². The number of methoxy groups -OCH3 is 1. The van der Waals surface area contributed by atoms with E-state index >= 15 is 0 Å². The fraction of sp³-hybridized carbons (Fsp3) is 0.909. The molecule has 0 bridgehead atoms. The Labute approximate surface area is 97.7 Å². The van der Waals surface area contributed by atoms with Crippen molar-refractivity contribution in [2.45, 2.75) is 13.0 Å². The minimum Gasteiger partial charge on any atom is -0.383 e. The van der Waals surface area contributed by atoms with Crippen LogP contribution in [0.1, 0.15) is 6.92 Å². The van der Waals surface area contributed by atoms with E-state index in [9.17, 15) is 4.79 Å². The molecule has 1 aliphatic heterocycles. The lowest BCUT2D eigenvalue weighted by molar-refractivity contribution is -0.132. The zero-order valence-corrected chi connectivity index (χ0v) is 10.5. The van der Waals surface area contributed by atoms with Crippen molar-refractivity contribution in [2.24, 2.45) is 0 Å². The van der Waals surface area contributed by atoms with Crippen LogP contribution in [0, 0.1) is 0 Å². The van der Waals surface area contributed by atoms with Crippen molar-refractivity contribution in [3.05, 3.63) is 0 Å². The van der Waals surface area contributed by atoms with Gasteiger partial charge in [-0.3, -0.25) is 4.79 Å². The Morgan fingerprint density at radius 3 is 2.88 bits per heavy atom. The van der Waals surface area contributed by atoms with E-state index in [1.807, 2.05) is 4.90 Å². The summed E-state index contributed by atoms with van der Waals surface area (Å²) in [5.74, 6) is 0.191. The van der Waals surface area contributed by atoms with Gasteiger partial charge in [0.1, 0.15) is 0 Å². The summed E-state index contributed by atoms with van der Waals surface area (Å²) >= 11 is 0. The summed E-state index contributed by atoms with van der Waals surface area (Å²) in [7, 11) is 3.76. The summed E-state index contributed by atoms with van der Waals surface area (Å²) in [6.07, 6.45) is 0. The SMILES string of the molecule is COCCNCC(=O)N1CCN(C)C(C)C1. The van der Waals surface area contributed by atoms with Gasteiger partial charge in [-0.2, -0.15) is 0 Å². The van der Waals surface area contributed by atoms with Gasteiger partial charge >= 0.3 is 0 Å². The Morgan fingerprint density at radius 1 is 1.50 bits per heavy atom. The predicted molar refractivity (Wildman–Crippen MR) is 63.4 cm³/mol. The van der Waals surface area contributed by atoms with E-state index in [-0.39, 0.29) is 5.91 Å². The number of nitrogens with zero attached hydrogens (tertiary/aromatic N) is 2. The zero-order chi connectivity index (χ0) is 12.0. The molecule has 0 radical (unpaired) electrons. The summed E-state index contributed by atoms with van der Waals surface area (Å²) in [5.41, 5.74) is 0. The lowest BCUT2D eigenvalue weighted by atomic mass is 10.2. The van der Waals surface area contributed by atoms with Gasteiger partial charge in [0.05, 0.1) is 13.2 Å². The van der Waals surface area contributed by atoms with Crippen LogP contribution in [0.4, 0.5) is 0 Å². The number of hydrogen-bond acceptors (Lipinski definition) is 4. The van der Waals surface area contributed by atoms with Gasteiger partial charge in [0.2, 0.25) is 5.91 Å². The monoisotopic (exact) mass is 229 g/mol. The molecule has 1 atom stereocenters. The summed E-state index contributed by atoms with van der Waals surface area (Å²) < 4.78 is 4.91. The summed E-state index contributed by atoms with van der Waals surface area (Å²) in [6, 6.07) is 0.455. The molecule has 0 aromatic carbocycles. The molecule has 16 heavy (non-hydrogen) atoms.